The first-order valence-electron chi connectivity index (χ1n) is 12.5. The molecule has 197 valence electrons. The van der Waals surface area contributed by atoms with Gasteiger partial charge in [0.25, 0.3) is 0 Å². The Morgan fingerprint density at radius 3 is 2.19 bits per heavy atom. The van der Waals surface area contributed by atoms with Crippen molar-refractivity contribution in [3.63, 3.8) is 0 Å². The van der Waals surface area contributed by atoms with Gasteiger partial charge in [0.15, 0.2) is 5.78 Å². The van der Waals surface area contributed by atoms with Crippen LogP contribution in [-0.2, 0) is 24.9 Å². The Hall–Kier alpha value is -2.36. The molecule has 3 rings (SSSR count). The van der Waals surface area contributed by atoms with Crippen molar-refractivity contribution < 1.29 is 30.0 Å². The maximum Gasteiger partial charge on any atom is 0.164 e. The number of aromatic nitrogens is 2. The summed E-state index contributed by atoms with van der Waals surface area (Å²) in [7, 11) is 0. The second-order valence-corrected chi connectivity index (χ2v) is 11.2. The van der Waals surface area contributed by atoms with Gasteiger partial charge in [0.1, 0.15) is 5.76 Å². The van der Waals surface area contributed by atoms with Gasteiger partial charge in [-0.2, -0.15) is 0 Å². The van der Waals surface area contributed by atoms with Crippen LogP contribution in [0.4, 0.5) is 0 Å². The number of carbonyl (C=O) groups excluding carboxylic acids is 1. The molecule has 2 aromatic heterocycles. The van der Waals surface area contributed by atoms with Gasteiger partial charge in [0.05, 0.1) is 0 Å². The molecule has 1 radical (unpaired) electrons. The van der Waals surface area contributed by atoms with Gasteiger partial charge in [-0.25, -0.2) is 0 Å². The number of benzene rings is 1. The molecule has 2 heterocycles. The van der Waals surface area contributed by atoms with Crippen molar-refractivity contribution in [1.82, 2.24) is 9.97 Å². The summed E-state index contributed by atoms with van der Waals surface area (Å²) in [6.45, 7) is 17.7. The Labute approximate surface area is 231 Å². The zero-order valence-electron chi connectivity index (χ0n) is 23.2. The first-order chi connectivity index (χ1) is 16.3. The van der Waals surface area contributed by atoms with E-state index in [9.17, 15) is 9.90 Å². The van der Waals surface area contributed by atoms with E-state index in [-0.39, 0.29) is 37.1 Å². The van der Waals surface area contributed by atoms with Crippen molar-refractivity contribution in [2.75, 3.05) is 0 Å². The van der Waals surface area contributed by atoms with Crippen molar-refractivity contribution >= 4 is 16.6 Å². The number of nitrogens with zero attached hydrogens (tertiary/aromatic N) is 2. The quantitative estimate of drug-likeness (QED) is 0.169. The second-order valence-electron chi connectivity index (χ2n) is 11.2. The summed E-state index contributed by atoms with van der Waals surface area (Å²) in [5.41, 5.74) is 3.87. The summed E-state index contributed by atoms with van der Waals surface area (Å²) in [5.74, 6) is 0.712. The van der Waals surface area contributed by atoms with Crippen LogP contribution in [-0.4, -0.2) is 20.9 Å². The number of aliphatic hydroxyl groups excluding tert-OH is 1. The predicted octanol–water partition coefficient (Wildman–Crippen LogP) is 8.40. The molecule has 1 aromatic carbocycles. The third-order valence-electron chi connectivity index (χ3n) is 6.06. The van der Waals surface area contributed by atoms with Crippen molar-refractivity contribution in [2.24, 2.45) is 10.8 Å². The number of hydrogen-bond donors (Lipinski definition) is 1. The maximum atomic E-state index is 11.5. The maximum absolute atomic E-state index is 11.5. The molecule has 5 heteroatoms. The number of carbonyl (C=O) groups is 1. The van der Waals surface area contributed by atoms with Crippen LogP contribution in [0.2, 0.25) is 0 Å². The Kier molecular flexibility index (Phi) is 11.7. The van der Waals surface area contributed by atoms with Crippen LogP contribution in [0.25, 0.3) is 22.0 Å². The topological polar surface area (TPSA) is 63.1 Å². The zero-order chi connectivity index (χ0) is 26.4. The second kappa shape index (κ2) is 13.3. The van der Waals surface area contributed by atoms with E-state index in [0.717, 1.165) is 29.5 Å². The predicted molar refractivity (Wildman–Crippen MR) is 146 cm³/mol. The van der Waals surface area contributed by atoms with Crippen LogP contribution < -0.4 is 0 Å². The summed E-state index contributed by atoms with van der Waals surface area (Å²) >= 11 is 0. The molecule has 0 atom stereocenters. The minimum Gasteiger partial charge on any atom is -0.512 e. The number of rotatable bonds is 5. The molecule has 0 fully saturated rings. The standard InChI is InChI=1S/C20H21N2.C11H20O2.Ir/c1-4-15(5-2)17-8-14(3)9-18(10-17)20-11-16-6-7-21-12-19(16)13-22-20;1-10(2,3)8(12)7-9(13)11(4,5)6;/h6-8,10-13,15H,4-5H2,1-3H3;7,12H,1-6H3;/q-1;;/b;8-7-;. The largest absolute Gasteiger partial charge is 0.512 e. The SMILES string of the molecule is CC(C)(C)C(=O)/C=C(\O)C(C)(C)C.CCC(CC)c1cc(C)[c-]c(-c2cc3ccncc3cn2)c1.[Ir]. The third-order valence-corrected chi connectivity index (χ3v) is 6.06. The van der Waals surface area contributed by atoms with Crippen LogP contribution in [0.1, 0.15) is 85.3 Å². The van der Waals surface area contributed by atoms with E-state index in [0.29, 0.717) is 5.92 Å². The van der Waals surface area contributed by atoms with E-state index >= 15 is 0 Å². The van der Waals surface area contributed by atoms with Gasteiger partial charge in [-0.15, -0.1) is 34.9 Å². The molecular weight excluding hydrogens is 625 g/mol. The summed E-state index contributed by atoms with van der Waals surface area (Å²) in [6, 6.07) is 12.1. The first kappa shape index (κ1) is 31.7. The summed E-state index contributed by atoms with van der Waals surface area (Å²) in [5, 5.41) is 11.8. The Morgan fingerprint density at radius 1 is 1.00 bits per heavy atom. The molecule has 0 amide bonds. The number of pyridine rings is 2. The molecule has 0 aliphatic heterocycles. The van der Waals surface area contributed by atoms with Crippen LogP contribution in [0, 0.1) is 23.8 Å². The summed E-state index contributed by atoms with van der Waals surface area (Å²) in [6.07, 6.45) is 9.22. The number of aliphatic hydroxyl groups is 1. The van der Waals surface area contributed by atoms with Gasteiger partial charge in [0, 0.05) is 61.0 Å². The number of aryl methyl sites for hydroxylation is 1. The molecule has 0 aliphatic carbocycles. The monoisotopic (exact) mass is 666 g/mol. The summed E-state index contributed by atoms with van der Waals surface area (Å²) < 4.78 is 0. The van der Waals surface area contributed by atoms with Gasteiger partial charge in [-0.05, 0) is 23.1 Å². The van der Waals surface area contributed by atoms with E-state index in [2.05, 4.69) is 55.0 Å². The van der Waals surface area contributed by atoms with E-state index < -0.39 is 5.41 Å². The molecule has 1 N–H and O–H groups in total. The number of ketones is 1. The average Bonchev–Trinajstić information content (AvgIpc) is 2.78. The van der Waals surface area contributed by atoms with Crippen LogP contribution in [0.5, 0.6) is 0 Å². The van der Waals surface area contributed by atoms with Gasteiger partial charge in [-0.3, -0.25) is 9.78 Å². The van der Waals surface area contributed by atoms with Gasteiger partial charge in [-0.1, -0.05) is 81.2 Å². The zero-order valence-corrected chi connectivity index (χ0v) is 25.6. The Bertz CT molecular complexity index is 1180. The van der Waals surface area contributed by atoms with Crippen molar-refractivity contribution in [2.45, 2.75) is 81.1 Å². The van der Waals surface area contributed by atoms with E-state index in [4.69, 9.17) is 0 Å². The fourth-order valence-electron chi connectivity index (χ4n) is 3.56. The van der Waals surface area contributed by atoms with Crippen LogP contribution in [0.15, 0.2) is 54.7 Å². The van der Waals surface area contributed by atoms with Crippen LogP contribution in [0.3, 0.4) is 0 Å². The summed E-state index contributed by atoms with van der Waals surface area (Å²) in [4.78, 5) is 20.2. The molecular formula is C31H41IrN2O2-. The number of fused-ring (bicyclic) bond motifs is 1. The number of allylic oxidation sites excluding steroid dienone is 2. The van der Waals surface area contributed by atoms with Gasteiger partial charge < -0.3 is 10.1 Å². The fourth-order valence-corrected chi connectivity index (χ4v) is 3.56. The Morgan fingerprint density at radius 2 is 1.64 bits per heavy atom. The van der Waals surface area contributed by atoms with E-state index in [1.807, 2.05) is 66.2 Å². The van der Waals surface area contributed by atoms with Crippen LogP contribution >= 0.6 is 0 Å². The van der Waals surface area contributed by atoms with Crippen molar-refractivity contribution in [3.05, 3.63) is 71.9 Å². The molecule has 3 aromatic rings. The Balaban J connectivity index is 0.000000402. The van der Waals surface area contributed by atoms with Crippen molar-refractivity contribution in [1.29, 1.82) is 0 Å². The minimum absolute atomic E-state index is 0. The molecule has 0 unspecified atom stereocenters. The molecule has 4 nitrogen and oxygen atoms in total. The molecule has 0 saturated heterocycles. The average molecular weight is 666 g/mol. The molecule has 36 heavy (non-hydrogen) atoms. The number of hydrogen-bond acceptors (Lipinski definition) is 4. The first-order valence-corrected chi connectivity index (χ1v) is 12.5. The molecule has 0 aliphatic rings. The molecule has 0 saturated carbocycles. The van der Waals surface area contributed by atoms with Gasteiger partial charge in [0.2, 0.25) is 0 Å². The fraction of sp³-hybridized carbons (Fsp3) is 0.452. The third kappa shape index (κ3) is 8.94. The van der Waals surface area contributed by atoms with E-state index in [1.54, 1.807) is 0 Å². The smallest absolute Gasteiger partial charge is 0.164 e. The van der Waals surface area contributed by atoms with E-state index in [1.165, 1.54) is 22.6 Å². The minimum atomic E-state index is -0.417. The molecule has 0 spiro atoms. The normalized spacial score (nSPS) is 12.1. The molecule has 0 bridgehead atoms. The van der Waals surface area contributed by atoms with Crippen molar-refractivity contribution in [3.8, 4) is 11.3 Å². The van der Waals surface area contributed by atoms with Gasteiger partial charge >= 0.3 is 0 Å².